The summed E-state index contributed by atoms with van der Waals surface area (Å²) >= 11 is 0. The van der Waals surface area contributed by atoms with E-state index in [0.717, 1.165) is 18.5 Å². The van der Waals surface area contributed by atoms with Crippen molar-refractivity contribution in [1.29, 1.82) is 0 Å². The third-order valence-corrected chi connectivity index (χ3v) is 2.77. The Bertz CT molecular complexity index is 422. The summed E-state index contributed by atoms with van der Waals surface area (Å²) in [5, 5.41) is 6.02. The molecule has 1 amide bonds. The highest BCUT2D eigenvalue weighted by Gasteiger charge is 2.12. The molecule has 0 aliphatic rings. The summed E-state index contributed by atoms with van der Waals surface area (Å²) in [6.45, 7) is 6.26. The first kappa shape index (κ1) is 16.3. The lowest BCUT2D eigenvalue weighted by Gasteiger charge is -2.15. The van der Waals surface area contributed by atoms with Gasteiger partial charge in [0.2, 0.25) is 0 Å². The molecule has 1 aromatic carbocycles. The van der Waals surface area contributed by atoms with Crippen LogP contribution in [0.4, 0.5) is 0 Å². The van der Waals surface area contributed by atoms with Crippen molar-refractivity contribution in [3.8, 4) is 11.5 Å². The molecule has 2 N–H and O–H groups in total. The Hall–Kier alpha value is -1.75. The van der Waals surface area contributed by atoms with E-state index in [1.54, 1.807) is 7.11 Å². The van der Waals surface area contributed by atoms with E-state index in [0.29, 0.717) is 24.6 Å². The topological polar surface area (TPSA) is 59.6 Å². The summed E-state index contributed by atoms with van der Waals surface area (Å²) in [5.74, 6) is 1.15. The van der Waals surface area contributed by atoms with E-state index in [1.807, 2.05) is 32.0 Å². The van der Waals surface area contributed by atoms with Crippen molar-refractivity contribution in [3.63, 3.8) is 0 Å². The standard InChI is InChI=1S/C15H24N2O3/c1-4-9-17-14(18)11-20-15-12(10-16-5-2)7-6-8-13(15)19-3/h6-8,16H,4-5,9-11H2,1-3H3,(H,17,18). The maximum absolute atomic E-state index is 11.6. The van der Waals surface area contributed by atoms with Crippen LogP contribution in [0.5, 0.6) is 11.5 Å². The normalized spacial score (nSPS) is 10.2. The van der Waals surface area contributed by atoms with Crippen LogP contribution in [-0.2, 0) is 11.3 Å². The molecule has 0 radical (unpaired) electrons. The summed E-state index contributed by atoms with van der Waals surface area (Å²) in [4.78, 5) is 11.6. The van der Waals surface area contributed by atoms with Gasteiger partial charge in [0.25, 0.3) is 5.91 Å². The van der Waals surface area contributed by atoms with E-state index >= 15 is 0 Å². The number of hydrogen-bond acceptors (Lipinski definition) is 4. The summed E-state index contributed by atoms with van der Waals surface area (Å²) in [5.41, 5.74) is 0.981. The van der Waals surface area contributed by atoms with Crippen molar-refractivity contribution in [2.75, 3.05) is 26.8 Å². The smallest absolute Gasteiger partial charge is 0.257 e. The van der Waals surface area contributed by atoms with Gasteiger partial charge in [-0.2, -0.15) is 0 Å². The first-order valence-electron chi connectivity index (χ1n) is 6.99. The number of carbonyl (C=O) groups is 1. The van der Waals surface area contributed by atoms with Crippen LogP contribution in [0, 0.1) is 0 Å². The number of nitrogens with one attached hydrogen (secondary N) is 2. The highest BCUT2D eigenvalue weighted by atomic mass is 16.5. The van der Waals surface area contributed by atoms with Crippen LogP contribution in [0.2, 0.25) is 0 Å². The number of rotatable bonds is 9. The molecule has 0 aromatic heterocycles. The van der Waals surface area contributed by atoms with Crippen LogP contribution in [0.25, 0.3) is 0 Å². The fraction of sp³-hybridized carbons (Fsp3) is 0.533. The monoisotopic (exact) mass is 280 g/mol. The highest BCUT2D eigenvalue weighted by Crippen LogP contribution is 2.30. The molecule has 5 heteroatoms. The van der Waals surface area contributed by atoms with E-state index in [9.17, 15) is 4.79 Å². The van der Waals surface area contributed by atoms with Gasteiger partial charge in [-0.1, -0.05) is 26.0 Å². The molecule has 0 atom stereocenters. The molecule has 5 nitrogen and oxygen atoms in total. The molecule has 0 aliphatic heterocycles. The largest absolute Gasteiger partial charge is 0.493 e. The maximum atomic E-state index is 11.6. The SMILES string of the molecule is CCCNC(=O)COc1c(CNCC)cccc1OC. The molecule has 112 valence electrons. The van der Waals surface area contributed by atoms with Gasteiger partial charge in [-0.05, 0) is 19.0 Å². The van der Waals surface area contributed by atoms with E-state index in [2.05, 4.69) is 10.6 Å². The van der Waals surface area contributed by atoms with E-state index < -0.39 is 0 Å². The van der Waals surface area contributed by atoms with Gasteiger partial charge in [-0.15, -0.1) is 0 Å². The summed E-state index contributed by atoms with van der Waals surface area (Å²) < 4.78 is 10.9. The molecular weight excluding hydrogens is 256 g/mol. The number of hydrogen-bond donors (Lipinski definition) is 2. The number of carbonyl (C=O) groups excluding carboxylic acids is 1. The van der Waals surface area contributed by atoms with Crippen molar-refractivity contribution < 1.29 is 14.3 Å². The second-order valence-corrected chi connectivity index (χ2v) is 4.37. The molecule has 1 rings (SSSR count). The Morgan fingerprint density at radius 3 is 2.75 bits per heavy atom. The van der Waals surface area contributed by atoms with Gasteiger partial charge in [0.1, 0.15) is 0 Å². The van der Waals surface area contributed by atoms with Crippen LogP contribution in [-0.4, -0.2) is 32.7 Å². The molecule has 0 unspecified atom stereocenters. The second kappa shape index (κ2) is 9.20. The summed E-state index contributed by atoms with van der Waals surface area (Å²) in [6, 6.07) is 5.70. The van der Waals surface area contributed by atoms with Crippen LogP contribution >= 0.6 is 0 Å². The van der Waals surface area contributed by atoms with Gasteiger partial charge in [-0.3, -0.25) is 4.79 Å². The zero-order valence-electron chi connectivity index (χ0n) is 12.5. The lowest BCUT2D eigenvalue weighted by atomic mass is 10.2. The second-order valence-electron chi connectivity index (χ2n) is 4.37. The summed E-state index contributed by atoms with van der Waals surface area (Å²) in [7, 11) is 1.59. The van der Waals surface area contributed by atoms with E-state index in [-0.39, 0.29) is 12.5 Å². The quantitative estimate of drug-likeness (QED) is 0.723. The molecule has 20 heavy (non-hydrogen) atoms. The van der Waals surface area contributed by atoms with Gasteiger partial charge in [-0.25, -0.2) is 0 Å². The highest BCUT2D eigenvalue weighted by molar-refractivity contribution is 5.77. The van der Waals surface area contributed by atoms with Gasteiger partial charge in [0, 0.05) is 18.7 Å². The predicted octanol–water partition coefficient (Wildman–Crippen LogP) is 1.71. The molecule has 0 spiro atoms. The van der Waals surface area contributed by atoms with Crippen LogP contribution in [0.15, 0.2) is 18.2 Å². The van der Waals surface area contributed by atoms with Gasteiger partial charge in [0.15, 0.2) is 18.1 Å². The van der Waals surface area contributed by atoms with Crippen LogP contribution < -0.4 is 20.1 Å². The molecule has 0 aliphatic carbocycles. The minimum Gasteiger partial charge on any atom is -0.493 e. The first-order valence-corrected chi connectivity index (χ1v) is 6.99. The lowest BCUT2D eigenvalue weighted by Crippen LogP contribution is -2.29. The Kier molecular flexibility index (Phi) is 7.50. The predicted molar refractivity (Wildman–Crippen MR) is 79.2 cm³/mol. The average molecular weight is 280 g/mol. The van der Waals surface area contributed by atoms with Crippen molar-refractivity contribution in [2.45, 2.75) is 26.8 Å². The van der Waals surface area contributed by atoms with Crippen molar-refractivity contribution >= 4 is 5.91 Å². The Labute approximate surface area is 120 Å². The zero-order chi connectivity index (χ0) is 14.8. The van der Waals surface area contributed by atoms with Gasteiger partial charge >= 0.3 is 0 Å². The zero-order valence-corrected chi connectivity index (χ0v) is 12.5. The van der Waals surface area contributed by atoms with Crippen molar-refractivity contribution in [3.05, 3.63) is 23.8 Å². The Morgan fingerprint density at radius 1 is 1.30 bits per heavy atom. The third kappa shape index (κ3) is 5.09. The molecular formula is C15H24N2O3. The number of para-hydroxylation sites is 1. The first-order chi connectivity index (χ1) is 9.72. The minimum absolute atomic E-state index is 0.000498. The molecule has 0 fully saturated rings. The maximum Gasteiger partial charge on any atom is 0.257 e. The molecule has 0 saturated carbocycles. The summed E-state index contributed by atoms with van der Waals surface area (Å²) in [6.07, 6.45) is 0.909. The molecule has 0 saturated heterocycles. The Morgan fingerprint density at radius 2 is 2.10 bits per heavy atom. The Balaban J connectivity index is 2.72. The molecule has 0 heterocycles. The van der Waals surface area contributed by atoms with Crippen LogP contribution in [0.3, 0.4) is 0 Å². The van der Waals surface area contributed by atoms with Crippen molar-refractivity contribution in [2.24, 2.45) is 0 Å². The van der Waals surface area contributed by atoms with Crippen LogP contribution in [0.1, 0.15) is 25.8 Å². The van der Waals surface area contributed by atoms with Gasteiger partial charge in [0.05, 0.1) is 7.11 Å². The van der Waals surface area contributed by atoms with E-state index in [4.69, 9.17) is 9.47 Å². The number of ether oxygens (including phenoxy) is 2. The van der Waals surface area contributed by atoms with E-state index in [1.165, 1.54) is 0 Å². The fourth-order valence-corrected chi connectivity index (χ4v) is 1.74. The lowest BCUT2D eigenvalue weighted by molar-refractivity contribution is -0.123. The number of methoxy groups -OCH3 is 1. The fourth-order valence-electron chi connectivity index (χ4n) is 1.74. The van der Waals surface area contributed by atoms with Gasteiger partial charge < -0.3 is 20.1 Å². The average Bonchev–Trinajstić information content (AvgIpc) is 2.48. The third-order valence-electron chi connectivity index (χ3n) is 2.77. The van der Waals surface area contributed by atoms with Crippen molar-refractivity contribution in [1.82, 2.24) is 10.6 Å². The number of amides is 1. The minimum atomic E-state index is -0.118. The molecule has 1 aromatic rings. The molecule has 0 bridgehead atoms. The number of benzene rings is 1.